The predicted molar refractivity (Wildman–Crippen MR) is 94.6 cm³/mol. The van der Waals surface area contributed by atoms with Crippen LogP contribution in [0.1, 0.15) is 16.8 Å². The van der Waals surface area contributed by atoms with E-state index in [2.05, 4.69) is 25.5 Å². The molecule has 0 bridgehead atoms. The highest BCUT2D eigenvalue weighted by Crippen LogP contribution is 2.32. The summed E-state index contributed by atoms with van der Waals surface area (Å²) < 4.78 is 38.9. The first-order valence-electron chi connectivity index (χ1n) is 8.12. The van der Waals surface area contributed by atoms with Crippen molar-refractivity contribution in [1.82, 2.24) is 20.2 Å². The quantitative estimate of drug-likeness (QED) is 0.585. The minimum atomic E-state index is -0.716. The largest absolute Gasteiger partial charge is 0.497 e. The second-order valence-electron chi connectivity index (χ2n) is 6.02. The number of nitrogens with one attached hydrogen (secondary N) is 1. The SMILES string of the molecule is COc1cc(F)c(CNc2ncnc3c2oc2nnc(C)c(C)c23)c(F)c1. The number of furan rings is 1. The number of methoxy groups -OCH3 is 1. The van der Waals surface area contributed by atoms with Crippen LogP contribution in [0.15, 0.2) is 22.9 Å². The molecule has 138 valence electrons. The highest BCUT2D eigenvalue weighted by molar-refractivity contribution is 6.05. The molecule has 4 aromatic rings. The van der Waals surface area contributed by atoms with Crippen LogP contribution >= 0.6 is 0 Å². The molecule has 1 aromatic carbocycles. The minimum Gasteiger partial charge on any atom is -0.497 e. The summed E-state index contributed by atoms with van der Waals surface area (Å²) in [5.74, 6) is -1.01. The maximum Gasteiger partial charge on any atom is 0.249 e. The lowest BCUT2D eigenvalue weighted by atomic mass is 10.1. The first-order valence-corrected chi connectivity index (χ1v) is 8.12. The number of halogens is 2. The molecule has 1 N–H and O–H groups in total. The maximum absolute atomic E-state index is 14.1. The van der Waals surface area contributed by atoms with Crippen LogP contribution in [0.4, 0.5) is 14.6 Å². The highest BCUT2D eigenvalue weighted by Gasteiger charge is 2.18. The second-order valence-corrected chi connectivity index (χ2v) is 6.02. The van der Waals surface area contributed by atoms with Gasteiger partial charge in [-0.3, -0.25) is 0 Å². The fourth-order valence-electron chi connectivity index (χ4n) is 2.85. The average molecular weight is 371 g/mol. The zero-order valence-corrected chi connectivity index (χ0v) is 14.8. The highest BCUT2D eigenvalue weighted by atomic mass is 19.1. The van der Waals surface area contributed by atoms with Crippen molar-refractivity contribution in [3.63, 3.8) is 0 Å². The molecule has 0 saturated heterocycles. The topological polar surface area (TPSA) is 86.0 Å². The fourth-order valence-corrected chi connectivity index (χ4v) is 2.85. The van der Waals surface area contributed by atoms with E-state index in [1.54, 1.807) is 0 Å². The van der Waals surface area contributed by atoms with Crippen LogP contribution in [0, 0.1) is 25.5 Å². The van der Waals surface area contributed by atoms with Crippen molar-refractivity contribution in [2.75, 3.05) is 12.4 Å². The van der Waals surface area contributed by atoms with Gasteiger partial charge in [0.1, 0.15) is 29.2 Å². The van der Waals surface area contributed by atoms with Gasteiger partial charge >= 0.3 is 0 Å². The smallest absolute Gasteiger partial charge is 0.249 e. The monoisotopic (exact) mass is 371 g/mol. The molecule has 27 heavy (non-hydrogen) atoms. The number of ether oxygens (including phenoxy) is 1. The average Bonchev–Trinajstić information content (AvgIpc) is 3.04. The van der Waals surface area contributed by atoms with E-state index in [0.29, 0.717) is 22.6 Å². The standard InChI is InChI=1S/C18H15F2N5O2/c1-8-9(2)24-25-18-14(8)15-16(27-18)17(23-7-22-15)21-6-11-12(19)4-10(26-3)5-13(11)20/h4-5,7H,6H2,1-3H3,(H,21,22,23). The minimum absolute atomic E-state index is 0.111. The van der Waals surface area contributed by atoms with Crippen LogP contribution < -0.4 is 10.1 Å². The lowest BCUT2D eigenvalue weighted by Crippen LogP contribution is -2.06. The molecule has 0 amide bonds. The van der Waals surface area contributed by atoms with Gasteiger partial charge < -0.3 is 14.5 Å². The van der Waals surface area contributed by atoms with Crippen LogP contribution in [0.5, 0.6) is 5.75 Å². The van der Waals surface area contributed by atoms with Gasteiger partial charge in [-0.05, 0) is 19.4 Å². The van der Waals surface area contributed by atoms with E-state index in [1.807, 2.05) is 13.8 Å². The Morgan fingerprint density at radius 2 is 1.85 bits per heavy atom. The van der Waals surface area contributed by atoms with Crippen LogP contribution in [0.25, 0.3) is 22.2 Å². The zero-order chi connectivity index (χ0) is 19.1. The summed E-state index contributed by atoms with van der Waals surface area (Å²) in [6.45, 7) is 3.61. The number of fused-ring (bicyclic) bond motifs is 3. The number of benzene rings is 1. The summed E-state index contributed by atoms with van der Waals surface area (Å²) in [5, 5.41) is 11.7. The van der Waals surface area contributed by atoms with Crippen molar-refractivity contribution in [2.45, 2.75) is 20.4 Å². The number of aryl methyl sites for hydroxylation is 2. The molecule has 7 nitrogen and oxygen atoms in total. The van der Waals surface area contributed by atoms with E-state index in [9.17, 15) is 8.78 Å². The number of anilines is 1. The van der Waals surface area contributed by atoms with E-state index in [1.165, 1.54) is 13.4 Å². The maximum atomic E-state index is 14.1. The van der Waals surface area contributed by atoms with Gasteiger partial charge in [-0.1, -0.05) is 0 Å². The summed E-state index contributed by atoms with van der Waals surface area (Å²) in [4.78, 5) is 8.40. The van der Waals surface area contributed by atoms with Crippen LogP contribution in [-0.4, -0.2) is 27.3 Å². The van der Waals surface area contributed by atoms with Gasteiger partial charge in [0.25, 0.3) is 0 Å². The van der Waals surface area contributed by atoms with Gasteiger partial charge in [0, 0.05) is 24.2 Å². The molecule has 4 rings (SSSR count). The molecule has 9 heteroatoms. The Bertz CT molecular complexity index is 1150. The van der Waals surface area contributed by atoms with Crippen LogP contribution in [0.2, 0.25) is 0 Å². The van der Waals surface area contributed by atoms with Gasteiger partial charge in [-0.2, -0.15) is 5.10 Å². The number of nitrogens with zero attached hydrogens (tertiary/aromatic N) is 4. The lowest BCUT2D eigenvalue weighted by Gasteiger charge is -2.09. The van der Waals surface area contributed by atoms with Gasteiger partial charge in [0.15, 0.2) is 11.4 Å². The first kappa shape index (κ1) is 17.1. The van der Waals surface area contributed by atoms with Gasteiger partial charge in [0.05, 0.1) is 18.2 Å². The summed E-state index contributed by atoms with van der Waals surface area (Å²) in [6.07, 6.45) is 1.36. The molecule has 0 aliphatic carbocycles. The summed E-state index contributed by atoms with van der Waals surface area (Å²) in [6, 6.07) is 2.25. The van der Waals surface area contributed by atoms with E-state index in [0.717, 1.165) is 28.8 Å². The number of aromatic nitrogens is 4. The van der Waals surface area contributed by atoms with Crippen LogP contribution in [0.3, 0.4) is 0 Å². The number of rotatable bonds is 4. The predicted octanol–water partition coefficient (Wildman–Crippen LogP) is 3.68. The van der Waals surface area contributed by atoms with Crippen molar-refractivity contribution >= 4 is 28.0 Å². The van der Waals surface area contributed by atoms with Crippen molar-refractivity contribution in [1.29, 1.82) is 0 Å². The Hall–Kier alpha value is -3.36. The Morgan fingerprint density at radius 1 is 1.11 bits per heavy atom. The molecule has 0 unspecified atom stereocenters. The van der Waals surface area contributed by atoms with E-state index in [4.69, 9.17) is 9.15 Å². The fraction of sp³-hybridized carbons (Fsp3) is 0.222. The summed E-state index contributed by atoms with van der Waals surface area (Å²) in [7, 11) is 1.35. The third-order valence-corrected chi connectivity index (χ3v) is 4.44. The van der Waals surface area contributed by atoms with E-state index in [-0.39, 0.29) is 17.9 Å². The number of hydrogen-bond donors (Lipinski definition) is 1. The molecule has 0 aliphatic rings. The number of hydrogen-bond acceptors (Lipinski definition) is 7. The molecule has 0 saturated carbocycles. The molecule has 3 heterocycles. The Labute approximate surface area is 152 Å². The van der Waals surface area contributed by atoms with Gasteiger partial charge in [-0.25, -0.2) is 18.7 Å². The Kier molecular flexibility index (Phi) is 4.06. The van der Waals surface area contributed by atoms with Crippen molar-refractivity contribution in [2.24, 2.45) is 0 Å². The van der Waals surface area contributed by atoms with Crippen molar-refractivity contribution in [3.8, 4) is 5.75 Å². The molecule has 0 fully saturated rings. The van der Waals surface area contributed by atoms with Crippen molar-refractivity contribution in [3.05, 3.63) is 46.9 Å². The molecular weight excluding hydrogens is 356 g/mol. The molecule has 0 radical (unpaired) electrons. The Morgan fingerprint density at radius 3 is 2.56 bits per heavy atom. The molecule has 0 atom stereocenters. The van der Waals surface area contributed by atoms with Crippen molar-refractivity contribution < 1.29 is 17.9 Å². The zero-order valence-electron chi connectivity index (χ0n) is 14.8. The third-order valence-electron chi connectivity index (χ3n) is 4.44. The Balaban J connectivity index is 1.74. The molecule has 3 aromatic heterocycles. The molecular formula is C18H15F2N5O2. The summed E-state index contributed by atoms with van der Waals surface area (Å²) >= 11 is 0. The van der Waals surface area contributed by atoms with Crippen LogP contribution in [-0.2, 0) is 6.54 Å². The van der Waals surface area contributed by atoms with E-state index < -0.39 is 11.6 Å². The lowest BCUT2D eigenvalue weighted by molar-refractivity contribution is 0.405. The molecule has 0 aliphatic heterocycles. The molecule has 0 spiro atoms. The normalized spacial score (nSPS) is 11.3. The summed E-state index contributed by atoms with van der Waals surface area (Å²) in [5.41, 5.74) is 2.78. The van der Waals surface area contributed by atoms with Gasteiger partial charge in [0.2, 0.25) is 5.71 Å². The second kappa shape index (κ2) is 6.42. The third kappa shape index (κ3) is 2.80. The van der Waals surface area contributed by atoms with E-state index >= 15 is 0 Å². The first-order chi connectivity index (χ1) is 13.0. The van der Waals surface area contributed by atoms with Gasteiger partial charge in [-0.15, -0.1) is 5.10 Å².